The van der Waals surface area contributed by atoms with Crippen LogP contribution in [-0.2, 0) is 19.7 Å². The molecular formula is C23H17BrN2O6. The molecule has 1 amide bonds. The number of nitrogens with zero attached hydrogens (tertiary/aromatic N) is 1. The molecule has 32 heavy (non-hydrogen) atoms. The van der Waals surface area contributed by atoms with Crippen molar-refractivity contribution in [2.75, 3.05) is 18.6 Å². The summed E-state index contributed by atoms with van der Waals surface area (Å²) in [4.78, 5) is 41.9. The molecule has 8 nitrogen and oxygen atoms in total. The molecule has 1 unspecified atom stereocenters. The first-order valence-electron chi connectivity index (χ1n) is 9.82. The zero-order chi connectivity index (χ0) is 22.8. The van der Waals surface area contributed by atoms with Gasteiger partial charge in [0.15, 0.2) is 5.75 Å². The van der Waals surface area contributed by atoms with Crippen LogP contribution in [0.1, 0.15) is 18.1 Å². The van der Waals surface area contributed by atoms with E-state index in [1.807, 2.05) is 0 Å². The van der Waals surface area contributed by atoms with Gasteiger partial charge in [-0.05, 0) is 37.3 Å². The van der Waals surface area contributed by atoms with Gasteiger partial charge in [0.25, 0.3) is 0 Å². The molecule has 5 rings (SSSR count). The van der Waals surface area contributed by atoms with Gasteiger partial charge in [-0.2, -0.15) is 0 Å². The topological polar surface area (TPSA) is 112 Å². The van der Waals surface area contributed by atoms with Gasteiger partial charge >= 0.3 is 11.6 Å². The molecule has 0 radical (unpaired) electrons. The van der Waals surface area contributed by atoms with Crippen LogP contribution in [0, 0.1) is 0 Å². The predicted octanol–water partition coefficient (Wildman–Crippen LogP) is 2.94. The molecule has 1 atom stereocenters. The molecule has 9 heteroatoms. The van der Waals surface area contributed by atoms with E-state index >= 15 is 0 Å². The molecule has 1 spiro atoms. The van der Waals surface area contributed by atoms with Crippen molar-refractivity contribution in [3.8, 4) is 5.75 Å². The number of halogens is 1. The van der Waals surface area contributed by atoms with Crippen molar-refractivity contribution in [1.82, 2.24) is 0 Å². The van der Waals surface area contributed by atoms with Gasteiger partial charge in [-0.3, -0.25) is 4.79 Å². The first kappa shape index (κ1) is 20.3. The van der Waals surface area contributed by atoms with Crippen LogP contribution in [0.2, 0.25) is 0 Å². The quantitative estimate of drug-likeness (QED) is 0.428. The van der Waals surface area contributed by atoms with Crippen LogP contribution >= 0.6 is 15.9 Å². The maximum atomic E-state index is 13.9. The van der Waals surface area contributed by atoms with Crippen molar-refractivity contribution in [1.29, 1.82) is 0 Å². The number of fused-ring (bicyclic) bond motifs is 6. The second kappa shape index (κ2) is 6.96. The van der Waals surface area contributed by atoms with Crippen LogP contribution in [0.25, 0.3) is 11.0 Å². The van der Waals surface area contributed by atoms with Gasteiger partial charge in [-0.25, -0.2) is 9.59 Å². The minimum absolute atomic E-state index is 0.0419. The van der Waals surface area contributed by atoms with Crippen molar-refractivity contribution in [2.24, 2.45) is 5.73 Å². The lowest BCUT2D eigenvalue weighted by Crippen LogP contribution is -2.50. The van der Waals surface area contributed by atoms with E-state index in [1.54, 1.807) is 56.4 Å². The summed E-state index contributed by atoms with van der Waals surface area (Å²) >= 11 is 3.43. The fraction of sp³-hybridized carbons (Fsp3) is 0.174. The monoisotopic (exact) mass is 496 g/mol. The fourth-order valence-corrected chi connectivity index (χ4v) is 4.90. The summed E-state index contributed by atoms with van der Waals surface area (Å²) in [6.45, 7) is 1.67. The third kappa shape index (κ3) is 2.45. The third-order valence-corrected chi connectivity index (χ3v) is 6.30. The molecule has 2 aliphatic rings. The number of rotatable bonds is 2. The first-order valence-corrected chi connectivity index (χ1v) is 10.6. The Kier molecular flexibility index (Phi) is 4.42. The van der Waals surface area contributed by atoms with Gasteiger partial charge in [0.1, 0.15) is 22.1 Å². The number of hydrogen-bond acceptors (Lipinski definition) is 7. The molecule has 1 aromatic heterocycles. The predicted molar refractivity (Wildman–Crippen MR) is 119 cm³/mol. The largest absolute Gasteiger partial charge is 0.462 e. The van der Waals surface area contributed by atoms with E-state index in [9.17, 15) is 14.4 Å². The van der Waals surface area contributed by atoms with E-state index in [0.717, 1.165) is 0 Å². The van der Waals surface area contributed by atoms with Gasteiger partial charge in [-0.15, -0.1) is 0 Å². The fourth-order valence-electron chi connectivity index (χ4n) is 4.54. The number of esters is 1. The minimum atomic E-state index is -1.89. The van der Waals surface area contributed by atoms with Gasteiger partial charge in [0.05, 0.1) is 12.0 Å². The number of para-hydroxylation sites is 1. The van der Waals surface area contributed by atoms with E-state index in [1.165, 1.54) is 4.90 Å². The van der Waals surface area contributed by atoms with Gasteiger partial charge < -0.3 is 24.5 Å². The Morgan fingerprint density at radius 2 is 1.97 bits per heavy atom. The standard InChI is InChI=1S/C23H17BrN2O6/c1-3-30-20(27)17-19(25)32-18-12-6-4-5-7-15(12)31-21(28)16(18)23(17)13-10-11(24)8-9-14(13)26(2)22(23)29/h4-10H,3,25H2,1-2H3. The summed E-state index contributed by atoms with van der Waals surface area (Å²) < 4.78 is 17.3. The minimum Gasteiger partial charge on any atom is -0.462 e. The lowest BCUT2D eigenvalue weighted by atomic mass is 9.68. The Hall–Kier alpha value is -3.59. The zero-order valence-electron chi connectivity index (χ0n) is 17.1. The lowest BCUT2D eigenvalue weighted by molar-refractivity contribution is -0.140. The molecule has 0 aliphatic carbocycles. The summed E-state index contributed by atoms with van der Waals surface area (Å²) in [5.74, 6) is -1.61. The molecule has 3 aromatic rings. The van der Waals surface area contributed by atoms with Crippen LogP contribution in [0.4, 0.5) is 5.69 Å². The summed E-state index contributed by atoms with van der Waals surface area (Å²) in [7, 11) is 1.57. The molecular weight excluding hydrogens is 480 g/mol. The van der Waals surface area contributed by atoms with E-state index in [4.69, 9.17) is 19.6 Å². The molecule has 3 heterocycles. The number of hydrogen-bond donors (Lipinski definition) is 1. The molecule has 0 bridgehead atoms. The Morgan fingerprint density at radius 1 is 1.22 bits per heavy atom. The van der Waals surface area contributed by atoms with Gasteiger partial charge in [0.2, 0.25) is 11.8 Å². The van der Waals surface area contributed by atoms with Crippen molar-refractivity contribution >= 4 is 44.5 Å². The van der Waals surface area contributed by atoms with Crippen molar-refractivity contribution in [3.63, 3.8) is 0 Å². The summed E-state index contributed by atoms with van der Waals surface area (Å²) in [6.07, 6.45) is 0. The number of benzene rings is 2. The van der Waals surface area contributed by atoms with E-state index < -0.39 is 22.9 Å². The molecule has 0 saturated heterocycles. The third-order valence-electron chi connectivity index (χ3n) is 5.80. The van der Waals surface area contributed by atoms with Crippen molar-refractivity contribution in [2.45, 2.75) is 12.3 Å². The van der Waals surface area contributed by atoms with Crippen LogP contribution in [0.5, 0.6) is 5.75 Å². The molecule has 2 N–H and O–H groups in total. The highest BCUT2D eigenvalue weighted by Crippen LogP contribution is 2.55. The van der Waals surface area contributed by atoms with Crippen LogP contribution in [0.15, 0.2) is 67.6 Å². The van der Waals surface area contributed by atoms with Gasteiger partial charge in [0, 0.05) is 22.8 Å². The van der Waals surface area contributed by atoms with Crippen LogP contribution < -0.4 is 21.0 Å². The van der Waals surface area contributed by atoms with Gasteiger partial charge in [-0.1, -0.05) is 28.1 Å². The summed E-state index contributed by atoms with van der Waals surface area (Å²) in [6, 6.07) is 11.9. The van der Waals surface area contributed by atoms with E-state index in [0.29, 0.717) is 21.1 Å². The number of carbonyl (C=O) groups is 2. The van der Waals surface area contributed by atoms with E-state index in [-0.39, 0.29) is 35.0 Å². The number of nitrogens with two attached hydrogens (primary N) is 1. The maximum Gasteiger partial charge on any atom is 0.345 e. The number of carbonyl (C=O) groups excluding carboxylic acids is 2. The highest BCUT2D eigenvalue weighted by Gasteiger charge is 2.62. The molecule has 2 aromatic carbocycles. The van der Waals surface area contributed by atoms with Crippen molar-refractivity contribution in [3.05, 3.63) is 79.9 Å². The summed E-state index contributed by atoms with van der Waals surface area (Å²) in [5.41, 5.74) is 4.41. The first-order chi connectivity index (χ1) is 15.3. The number of likely N-dealkylation sites (N-methyl/N-ethyl adjacent to an activating group) is 1. The summed E-state index contributed by atoms with van der Waals surface area (Å²) in [5, 5.41) is 0.450. The number of anilines is 1. The maximum absolute atomic E-state index is 13.9. The number of amides is 1. The zero-order valence-corrected chi connectivity index (χ0v) is 18.7. The normalized spacial score (nSPS) is 19.2. The van der Waals surface area contributed by atoms with Crippen LogP contribution in [-0.4, -0.2) is 25.5 Å². The average Bonchev–Trinajstić information content (AvgIpc) is 2.96. The number of ether oxygens (including phenoxy) is 2. The van der Waals surface area contributed by atoms with Crippen molar-refractivity contribution < 1.29 is 23.5 Å². The van der Waals surface area contributed by atoms with E-state index in [2.05, 4.69) is 15.9 Å². The molecule has 162 valence electrons. The Labute approximate surface area is 190 Å². The Morgan fingerprint density at radius 3 is 2.72 bits per heavy atom. The lowest BCUT2D eigenvalue weighted by Gasteiger charge is -2.35. The highest BCUT2D eigenvalue weighted by molar-refractivity contribution is 9.10. The Bertz CT molecular complexity index is 1430. The second-order valence-corrected chi connectivity index (χ2v) is 8.34. The molecule has 0 saturated carbocycles. The average molecular weight is 497 g/mol. The highest BCUT2D eigenvalue weighted by atomic mass is 79.9. The van der Waals surface area contributed by atoms with Crippen LogP contribution in [0.3, 0.4) is 0 Å². The molecule has 2 aliphatic heterocycles. The second-order valence-electron chi connectivity index (χ2n) is 7.43. The Balaban J connectivity index is 2.00. The smallest absolute Gasteiger partial charge is 0.345 e. The molecule has 0 fully saturated rings. The SMILES string of the molecule is CCOC(=O)C1=C(N)Oc2c(c(=O)oc3ccccc23)C12C(=O)N(C)c1ccc(Br)cc12.